The van der Waals surface area contributed by atoms with E-state index in [9.17, 15) is 23.3 Å². The highest BCUT2D eigenvalue weighted by Gasteiger charge is 2.26. The largest absolute Gasteiger partial charge is 0.400 e. The van der Waals surface area contributed by atoms with Crippen LogP contribution in [-0.4, -0.2) is 15.0 Å². The van der Waals surface area contributed by atoms with Crippen molar-refractivity contribution in [3.8, 4) is 0 Å². The Labute approximate surface area is 81.3 Å². The molecule has 0 bridgehead atoms. The number of alkyl halides is 2. The summed E-state index contributed by atoms with van der Waals surface area (Å²) in [6.45, 7) is -0.908. The maximum absolute atomic E-state index is 13.1. The number of nitrogens with zero attached hydrogens (tertiary/aromatic N) is 2. The van der Waals surface area contributed by atoms with Crippen LogP contribution >= 0.6 is 0 Å². The molecule has 1 heterocycles. The van der Waals surface area contributed by atoms with Gasteiger partial charge in [-0.05, 0) is 16.0 Å². The average Bonchev–Trinajstić information content (AvgIpc) is 2.17. The maximum atomic E-state index is 13.1. The second-order valence-corrected chi connectivity index (χ2v) is 2.56. The molecule has 0 aliphatic carbocycles. The first kappa shape index (κ1) is 11.4. The summed E-state index contributed by atoms with van der Waals surface area (Å²) in [4.78, 5) is 11.9. The highest BCUT2D eigenvalue weighted by atomic mass is 19.3. The average molecular weight is 222 g/mol. The normalized spacial score (nSPS) is 10.7. The molecule has 1 rings (SSSR count). The molecule has 0 unspecified atom stereocenters. The van der Waals surface area contributed by atoms with Gasteiger partial charge < -0.3 is 15.2 Å². The zero-order valence-corrected chi connectivity index (χ0v) is 7.15. The van der Waals surface area contributed by atoms with Gasteiger partial charge in [-0.1, -0.05) is 0 Å². The molecule has 0 fully saturated rings. The van der Waals surface area contributed by atoms with Crippen LogP contribution in [0.3, 0.4) is 0 Å². The van der Waals surface area contributed by atoms with Crippen LogP contribution in [0.25, 0.3) is 0 Å². The summed E-state index contributed by atoms with van der Waals surface area (Å²) in [5.41, 5.74) is -1.51. The van der Waals surface area contributed by atoms with Gasteiger partial charge in [-0.15, -0.1) is 0 Å². The van der Waals surface area contributed by atoms with Crippen molar-refractivity contribution in [2.75, 3.05) is 0 Å². The number of nitro groups is 1. The topological polar surface area (TPSA) is 76.3 Å². The van der Waals surface area contributed by atoms with E-state index >= 15 is 0 Å². The highest BCUT2D eigenvalue weighted by molar-refractivity contribution is 5.32. The van der Waals surface area contributed by atoms with Crippen molar-refractivity contribution in [1.82, 2.24) is 4.98 Å². The van der Waals surface area contributed by atoms with Crippen molar-refractivity contribution in [1.29, 1.82) is 0 Å². The SMILES string of the molecule is O=[N+]([O-])c1nc(C(F)F)cc(CO)c1F. The van der Waals surface area contributed by atoms with Crippen molar-refractivity contribution in [3.63, 3.8) is 0 Å². The van der Waals surface area contributed by atoms with Gasteiger partial charge in [0.2, 0.25) is 11.5 Å². The van der Waals surface area contributed by atoms with Crippen LogP contribution < -0.4 is 0 Å². The van der Waals surface area contributed by atoms with E-state index in [1.807, 2.05) is 0 Å². The first-order valence-corrected chi connectivity index (χ1v) is 3.70. The molecule has 0 radical (unpaired) electrons. The molecule has 1 N–H and O–H groups in total. The van der Waals surface area contributed by atoms with E-state index in [0.717, 1.165) is 0 Å². The summed E-state index contributed by atoms with van der Waals surface area (Å²) < 4.78 is 37.4. The van der Waals surface area contributed by atoms with Gasteiger partial charge >= 0.3 is 12.2 Å². The molecule has 1 aromatic rings. The van der Waals surface area contributed by atoms with E-state index < -0.39 is 40.8 Å². The number of hydrogen-bond donors (Lipinski definition) is 1. The Hall–Kier alpha value is -1.70. The zero-order valence-electron chi connectivity index (χ0n) is 7.15. The number of rotatable bonds is 3. The minimum atomic E-state index is -3.06. The monoisotopic (exact) mass is 222 g/mol. The minimum Gasteiger partial charge on any atom is -0.392 e. The van der Waals surface area contributed by atoms with E-state index in [1.165, 1.54) is 0 Å². The molecule has 0 saturated carbocycles. The first-order valence-electron chi connectivity index (χ1n) is 3.70. The smallest absolute Gasteiger partial charge is 0.392 e. The molecule has 0 aliphatic heterocycles. The fourth-order valence-corrected chi connectivity index (χ4v) is 0.937. The summed E-state index contributed by atoms with van der Waals surface area (Å²) in [5, 5.41) is 18.8. The third-order valence-corrected chi connectivity index (χ3v) is 1.60. The molecule has 1 aromatic heterocycles. The Kier molecular flexibility index (Phi) is 3.20. The van der Waals surface area contributed by atoms with Crippen LogP contribution in [0.4, 0.5) is 19.0 Å². The Morgan fingerprint density at radius 2 is 2.20 bits per heavy atom. The fourth-order valence-electron chi connectivity index (χ4n) is 0.937. The van der Waals surface area contributed by atoms with Crippen molar-refractivity contribution >= 4 is 5.82 Å². The molecular weight excluding hydrogens is 217 g/mol. The second kappa shape index (κ2) is 4.22. The van der Waals surface area contributed by atoms with Gasteiger partial charge in [0.1, 0.15) is 0 Å². The summed E-state index contributed by atoms with van der Waals surface area (Å²) in [7, 11) is 0. The van der Waals surface area contributed by atoms with Gasteiger partial charge in [-0.3, -0.25) is 0 Å². The fraction of sp³-hybridized carbons (Fsp3) is 0.286. The lowest BCUT2D eigenvalue weighted by atomic mass is 10.2. The molecule has 0 spiro atoms. The Balaban J connectivity index is 3.38. The molecule has 15 heavy (non-hydrogen) atoms. The molecule has 0 aliphatic rings. The van der Waals surface area contributed by atoms with Gasteiger partial charge in [-0.2, -0.15) is 4.39 Å². The lowest BCUT2D eigenvalue weighted by Gasteiger charge is -2.01. The van der Waals surface area contributed by atoms with E-state index in [2.05, 4.69) is 4.98 Å². The molecule has 0 amide bonds. The predicted octanol–water partition coefficient (Wildman–Crippen LogP) is 1.56. The molecule has 5 nitrogen and oxygen atoms in total. The number of hydrogen-bond acceptors (Lipinski definition) is 4. The first-order chi connectivity index (χ1) is 6.97. The summed E-state index contributed by atoms with van der Waals surface area (Å²) in [6, 6.07) is 0.590. The van der Waals surface area contributed by atoms with Crippen molar-refractivity contribution in [2.24, 2.45) is 0 Å². The maximum Gasteiger partial charge on any atom is 0.400 e. The van der Waals surface area contributed by atoms with Crippen molar-refractivity contribution in [3.05, 3.63) is 33.3 Å². The van der Waals surface area contributed by atoms with Gasteiger partial charge in [0.15, 0.2) is 0 Å². The Morgan fingerprint density at radius 1 is 1.60 bits per heavy atom. The van der Waals surface area contributed by atoms with Crippen LogP contribution in [0.15, 0.2) is 6.07 Å². The molecule has 0 saturated heterocycles. The van der Waals surface area contributed by atoms with Crippen LogP contribution in [0, 0.1) is 15.9 Å². The Morgan fingerprint density at radius 3 is 2.60 bits per heavy atom. The second-order valence-electron chi connectivity index (χ2n) is 2.56. The number of aliphatic hydroxyl groups excluding tert-OH is 1. The molecule has 0 atom stereocenters. The standard InChI is InChI=1S/C7H5F3N2O3/c8-5-3(2-13)1-4(6(9)10)11-7(5)12(14)15/h1,6,13H,2H2. The summed E-state index contributed by atoms with van der Waals surface area (Å²) >= 11 is 0. The van der Waals surface area contributed by atoms with Crippen LogP contribution in [0.1, 0.15) is 17.7 Å². The van der Waals surface area contributed by atoms with E-state index in [0.29, 0.717) is 6.07 Å². The molecule has 82 valence electrons. The summed E-state index contributed by atoms with van der Waals surface area (Å²) in [5.74, 6) is -2.70. The number of pyridine rings is 1. The van der Waals surface area contributed by atoms with E-state index in [1.54, 1.807) is 0 Å². The van der Waals surface area contributed by atoms with Crippen molar-refractivity contribution < 1.29 is 23.2 Å². The third-order valence-electron chi connectivity index (χ3n) is 1.60. The Bertz CT molecular complexity index is 397. The predicted molar refractivity (Wildman–Crippen MR) is 41.7 cm³/mol. The number of halogens is 3. The van der Waals surface area contributed by atoms with Gasteiger partial charge in [0.05, 0.1) is 6.61 Å². The van der Waals surface area contributed by atoms with Gasteiger partial charge in [0, 0.05) is 5.56 Å². The zero-order chi connectivity index (χ0) is 11.6. The third kappa shape index (κ3) is 2.21. The van der Waals surface area contributed by atoms with E-state index in [-0.39, 0.29) is 0 Å². The van der Waals surface area contributed by atoms with Crippen LogP contribution in [0.5, 0.6) is 0 Å². The van der Waals surface area contributed by atoms with Gasteiger partial charge in [-0.25, -0.2) is 8.78 Å². The quantitative estimate of drug-likeness (QED) is 0.621. The highest BCUT2D eigenvalue weighted by Crippen LogP contribution is 2.24. The number of aromatic nitrogens is 1. The summed E-state index contributed by atoms with van der Waals surface area (Å²) in [6.07, 6.45) is -3.06. The molecular formula is C7H5F3N2O3. The van der Waals surface area contributed by atoms with Crippen LogP contribution in [0.2, 0.25) is 0 Å². The van der Waals surface area contributed by atoms with E-state index in [4.69, 9.17) is 5.11 Å². The molecule has 0 aromatic carbocycles. The van der Waals surface area contributed by atoms with Crippen molar-refractivity contribution in [2.45, 2.75) is 13.0 Å². The lowest BCUT2D eigenvalue weighted by Crippen LogP contribution is -2.04. The molecule has 8 heteroatoms. The van der Waals surface area contributed by atoms with Gasteiger partial charge in [0.25, 0.3) is 0 Å². The van der Waals surface area contributed by atoms with Crippen LogP contribution in [-0.2, 0) is 6.61 Å². The number of aliphatic hydroxyl groups is 1. The lowest BCUT2D eigenvalue weighted by molar-refractivity contribution is -0.392. The minimum absolute atomic E-state index is 0.577.